The molecule has 1 aromatic heterocycles. The van der Waals surface area contributed by atoms with Gasteiger partial charge in [-0.25, -0.2) is 10.9 Å². The molecule has 182 valence electrons. The van der Waals surface area contributed by atoms with Crippen LogP contribution >= 0.6 is 0 Å². The van der Waals surface area contributed by atoms with Gasteiger partial charge in [-0.1, -0.05) is 12.8 Å². The van der Waals surface area contributed by atoms with E-state index in [1.54, 1.807) is 25.3 Å². The highest BCUT2D eigenvalue weighted by atomic mass is 16.5. The van der Waals surface area contributed by atoms with Crippen LogP contribution in [0.5, 0.6) is 0 Å². The van der Waals surface area contributed by atoms with E-state index in [1.807, 2.05) is 16.7 Å². The van der Waals surface area contributed by atoms with Crippen molar-refractivity contribution in [3.63, 3.8) is 0 Å². The van der Waals surface area contributed by atoms with Crippen LogP contribution in [-0.2, 0) is 9.53 Å². The number of carbonyl (C=O) groups excluding carboxylic acids is 2. The zero-order chi connectivity index (χ0) is 23.1. The molecule has 3 heterocycles. The lowest BCUT2D eigenvalue weighted by Crippen LogP contribution is -2.67. The summed E-state index contributed by atoms with van der Waals surface area (Å²) in [6.45, 7) is 6.31. The minimum absolute atomic E-state index is 0.0124. The van der Waals surface area contributed by atoms with Gasteiger partial charge in [0.05, 0.1) is 18.3 Å². The number of nitrogens with zero attached hydrogens (tertiary/aromatic N) is 2. The van der Waals surface area contributed by atoms with E-state index in [0.717, 1.165) is 25.7 Å². The first-order valence-electron chi connectivity index (χ1n) is 12.7. The third kappa shape index (κ3) is 4.45. The van der Waals surface area contributed by atoms with Crippen molar-refractivity contribution in [3.05, 3.63) is 24.2 Å². The third-order valence-electron chi connectivity index (χ3n) is 8.50. The van der Waals surface area contributed by atoms with Crippen molar-refractivity contribution >= 4 is 11.8 Å². The number of rotatable bonds is 3. The highest BCUT2D eigenvalue weighted by Crippen LogP contribution is 2.45. The van der Waals surface area contributed by atoms with Gasteiger partial charge in [-0.2, -0.15) is 0 Å². The maximum atomic E-state index is 13.4. The Bertz CT molecular complexity index is 845. The van der Waals surface area contributed by atoms with Gasteiger partial charge in [-0.15, -0.1) is 0 Å². The summed E-state index contributed by atoms with van der Waals surface area (Å²) in [5, 5.41) is 0. The van der Waals surface area contributed by atoms with Crippen LogP contribution in [0.4, 0.5) is 0 Å². The SMILES string of the molecule is CC(=O)N1C2CCC(C3CCCC(C4NNC(C)O4)C3)CC2N(C(=O)c2ccco2)C[C@@H]1C. The maximum Gasteiger partial charge on any atom is 0.289 e. The molecule has 2 saturated heterocycles. The van der Waals surface area contributed by atoms with Crippen LogP contribution in [0.25, 0.3) is 0 Å². The number of amides is 2. The van der Waals surface area contributed by atoms with Crippen LogP contribution < -0.4 is 10.9 Å². The Morgan fingerprint density at radius 3 is 2.48 bits per heavy atom. The van der Waals surface area contributed by atoms with E-state index in [-0.39, 0.29) is 42.4 Å². The topological polar surface area (TPSA) is 87.1 Å². The summed E-state index contributed by atoms with van der Waals surface area (Å²) in [5.41, 5.74) is 6.51. The molecule has 4 aliphatic rings. The minimum atomic E-state index is -0.0455. The molecule has 5 rings (SSSR count). The standard InChI is InChI=1S/C25H38N4O4/c1-15-14-28(25(31)23-8-5-11-32-23)22-13-19(9-10-21(22)29(15)17(3)30)18-6-4-7-20(12-18)24-27-26-16(2)33-24/h5,8,11,15-16,18-22,24,26-27H,4,6-7,9-10,12-14H2,1-3H3/t15-,16?,18?,19?,20?,21?,22?,24?/m0/s1. The Kier molecular flexibility index (Phi) is 6.51. The van der Waals surface area contributed by atoms with Crippen LogP contribution in [-0.4, -0.2) is 58.7 Å². The lowest BCUT2D eigenvalue weighted by molar-refractivity contribution is -0.142. The molecule has 0 spiro atoms. The fraction of sp³-hybridized carbons (Fsp3) is 0.760. The number of hydrogen-bond acceptors (Lipinski definition) is 6. The minimum Gasteiger partial charge on any atom is -0.459 e. The normalized spacial score (nSPS) is 39.4. The van der Waals surface area contributed by atoms with Gasteiger partial charge in [0.15, 0.2) is 5.76 Å². The Balaban J connectivity index is 1.33. The fourth-order valence-corrected chi connectivity index (χ4v) is 7.09. The van der Waals surface area contributed by atoms with E-state index in [1.165, 1.54) is 19.3 Å². The van der Waals surface area contributed by atoms with Gasteiger partial charge in [0.1, 0.15) is 12.5 Å². The van der Waals surface area contributed by atoms with Gasteiger partial charge in [0.2, 0.25) is 5.91 Å². The fourth-order valence-electron chi connectivity index (χ4n) is 7.09. The molecule has 2 amide bonds. The monoisotopic (exact) mass is 458 g/mol. The second kappa shape index (κ2) is 9.39. The van der Waals surface area contributed by atoms with Crippen LogP contribution in [0.3, 0.4) is 0 Å². The molecule has 2 N–H and O–H groups in total. The first kappa shape index (κ1) is 22.9. The summed E-state index contributed by atoms with van der Waals surface area (Å²) < 4.78 is 11.5. The van der Waals surface area contributed by atoms with Gasteiger partial charge in [-0.05, 0) is 69.9 Å². The summed E-state index contributed by atoms with van der Waals surface area (Å²) in [5.74, 6) is 2.18. The van der Waals surface area contributed by atoms with E-state index in [2.05, 4.69) is 17.8 Å². The molecule has 0 radical (unpaired) electrons. The van der Waals surface area contributed by atoms with E-state index in [9.17, 15) is 9.59 Å². The first-order chi connectivity index (χ1) is 15.9. The molecular formula is C25H38N4O4. The number of fused-ring (bicyclic) bond motifs is 1. The summed E-state index contributed by atoms with van der Waals surface area (Å²) in [7, 11) is 0. The Labute approximate surface area is 196 Å². The van der Waals surface area contributed by atoms with Crippen molar-refractivity contribution in [1.29, 1.82) is 0 Å². The predicted molar refractivity (Wildman–Crippen MR) is 123 cm³/mol. The summed E-state index contributed by atoms with van der Waals surface area (Å²) in [6, 6.07) is 3.66. The van der Waals surface area contributed by atoms with Crippen molar-refractivity contribution in [2.24, 2.45) is 17.8 Å². The number of ether oxygens (including phenoxy) is 1. The van der Waals surface area contributed by atoms with E-state index >= 15 is 0 Å². The summed E-state index contributed by atoms with van der Waals surface area (Å²) >= 11 is 0. The third-order valence-corrected chi connectivity index (χ3v) is 8.50. The molecule has 0 bridgehead atoms. The molecule has 8 nitrogen and oxygen atoms in total. The largest absolute Gasteiger partial charge is 0.459 e. The average Bonchev–Trinajstić information content (AvgIpc) is 3.50. The second-order valence-corrected chi connectivity index (χ2v) is 10.6. The van der Waals surface area contributed by atoms with Gasteiger partial charge in [0, 0.05) is 25.4 Å². The van der Waals surface area contributed by atoms with Crippen LogP contribution in [0, 0.1) is 17.8 Å². The van der Waals surface area contributed by atoms with Crippen LogP contribution in [0.2, 0.25) is 0 Å². The van der Waals surface area contributed by atoms with Crippen molar-refractivity contribution in [1.82, 2.24) is 20.7 Å². The second-order valence-electron chi connectivity index (χ2n) is 10.6. The first-order valence-corrected chi connectivity index (χ1v) is 12.7. The predicted octanol–water partition coefficient (Wildman–Crippen LogP) is 3.11. The summed E-state index contributed by atoms with van der Waals surface area (Å²) in [4.78, 5) is 30.0. The van der Waals surface area contributed by atoms with E-state index < -0.39 is 0 Å². The van der Waals surface area contributed by atoms with Crippen molar-refractivity contribution in [3.8, 4) is 0 Å². The molecule has 2 aliphatic heterocycles. The molecule has 2 aliphatic carbocycles. The zero-order valence-electron chi connectivity index (χ0n) is 20.0. The average molecular weight is 459 g/mol. The van der Waals surface area contributed by atoms with E-state index in [0.29, 0.717) is 30.1 Å². The highest BCUT2D eigenvalue weighted by Gasteiger charge is 2.48. The molecule has 8 heteroatoms. The number of furan rings is 1. The Hall–Kier alpha value is -1.90. The molecule has 8 atom stereocenters. The number of nitrogens with one attached hydrogen (secondary N) is 2. The molecule has 1 aromatic rings. The molecule has 2 saturated carbocycles. The molecule has 33 heavy (non-hydrogen) atoms. The Morgan fingerprint density at radius 1 is 1.00 bits per heavy atom. The van der Waals surface area contributed by atoms with Gasteiger partial charge in [0.25, 0.3) is 5.91 Å². The van der Waals surface area contributed by atoms with Gasteiger partial charge in [-0.3, -0.25) is 9.59 Å². The lowest BCUT2D eigenvalue weighted by atomic mass is 9.67. The Morgan fingerprint density at radius 2 is 1.79 bits per heavy atom. The molecular weight excluding hydrogens is 420 g/mol. The molecule has 4 fully saturated rings. The van der Waals surface area contributed by atoms with Gasteiger partial charge < -0.3 is 19.0 Å². The molecule has 0 aromatic carbocycles. The number of piperazine rings is 1. The number of hydrazine groups is 1. The lowest BCUT2D eigenvalue weighted by Gasteiger charge is -2.55. The summed E-state index contributed by atoms with van der Waals surface area (Å²) in [6.07, 6.45) is 9.54. The number of hydrogen-bond donors (Lipinski definition) is 2. The maximum absolute atomic E-state index is 13.4. The van der Waals surface area contributed by atoms with Crippen LogP contribution in [0.1, 0.15) is 76.3 Å². The van der Waals surface area contributed by atoms with E-state index in [4.69, 9.17) is 9.15 Å². The zero-order valence-corrected chi connectivity index (χ0v) is 20.0. The number of carbonyl (C=O) groups is 2. The van der Waals surface area contributed by atoms with Gasteiger partial charge >= 0.3 is 0 Å². The quantitative estimate of drug-likeness (QED) is 0.724. The van der Waals surface area contributed by atoms with Crippen molar-refractivity contribution in [2.75, 3.05) is 6.54 Å². The van der Waals surface area contributed by atoms with Crippen molar-refractivity contribution < 1.29 is 18.7 Å². The molecule has 7 unspecified atom stereocenters. The smallest absolute Gasteiger partial charge is 0.289 e. The van der Waals surface area contributed by atoms with Crippen LogP contribution in [0.15, 0.2) is 22.8 Å². The van der Waals surface area contributed by atoms with Crippen molar-refractivity contribution in [2.45, 2.75) is 96.3 Å². The highest BCUT2D eigenvalue weighted by molar-refractivity contribution is 5.92.